The third kappa shape index (κ3) is 4.36. The summed E-state index contributed by atoms with van der Waals surface area (Å²) in [7, 11) is -3.63. The van der Waals surface area contributed by atoms with E-state index < -0.39 is 15.8 Å². The van der Waals surface area contributed by atoms with E-state index in [-0.39, 0.29) is 23.5 Å². The first-order valence-electron chi connectivity index (χ1n) is 5.63. The largest absolute Gasteiger partial charge is 0.396 e. The van der Waals surface area contributed by atoms with Gasteiger partial charge in [0.1, 0.15) is 5.82 Å². The van der Waals surface area contributed by atoms with Crippen LogP contribution in [0.3, 0.4) is 0 Å². The third-order valence-electron chi connectivity index (χ3n) is 2.65. The van der Waals surface area contributed by atoms with Crippen LogP contribution in [0.15, 0.2) is 29.2 Å². The van der Waals surface area contributed by atoms with Gasteiger partial charge in [0.15, 0.2) is 0 Å². The fourth-order valence-electron chi connectivity index (χ4n) is 1.38. The quantitative estimate of drug-likeness (QED) is 0.827. The van der Waals surface area contributed by atoms with Crippen molar-refractivity contribution in [3.05, 3.63) is 30.1 Å². The van der Waals surface area contributed by atoms with Crippen LogP contribution >= 0.6 is 0 Å². The molecule has 0 amide bonds. The van der Waals surface area contributed by atoms with Gasteiger partial charge in [-0.1, -0.05) is 13.8 Å². The normalized spacial score (nSPS) is 12.7. The van der Waals surface area contributed by atoms with Gasteiger partial charge < -0.3 is 5.11 Å². The Bertz CT molecular complexity index is 483. The lowest BCUT2D eigenvalue weighted by Crippen LogP contribution is -2.34. The second-order valence-corrected chi connectivity index (χ2v) is 6.68. The summed E-state index contributed by atoms with van der Waals surface area (Å²) in [5, 5.41) is 8.86. The Hall–Kier alpha value is -0.980. The molecule has 0 aliphatic heterocycles. The van der Waals surface area contributed by atoms with E-state index in [0.717, 1.165) is 12.1 Å². The number of hydrogen-bond donors (Lipinski definition) is 2. The van der Waals surface area contributed by atoms with Crippen molar-refractivity contribution in [3.8, 4) is 0 Å². The predicted octanol–water partition coefficient (Wildman–Crippen LogP) is 1.51. The molecule has 1 aromatic rings. The van der Waals surface area contributed by atoms with E-state index in [4.69, 9.17) is 5.11 Å². The highest BCUT2D eigenvalue weighted by molar-refractivity contribution is 7.89. The summed E-state index contributed by atoms with van der Waals surface area (Å²) in [5.41, 5.74) is -0.331. The van der Waals surface area contributed by atoms with Gasteiger partial charge in [-0.3, -0.25) is 0 Å². The summed E-state index contributed by atoms with van der Waals surface area (Å²) in [6.45, 7) is 3.94. The number of sulfonamides is 1. The molecular formula is C12H18FNO3S. The Kier molecular flexibility index (Phi) is 4.84. The van der Waals surface area contributed by atoms with Gasteiger partial charge in [0, 0.05) is 13.2 Å². The highest BCUT2D eigenvalue weighted by atomic mass is 32.2. The SMILES string of the molecule is CC(C)(CCO)CNS(=O)(=O)c1ccc(F)cc1. The summed E-state index contributed by atoms with van der Waals surface area (Å²) in [6.07, 6.45) is 0.499. The Labute approximate surface area is 107 Å². The van der Waals surface area contributed by atoms with Crippen LogP contribution < -0.4 is 4.72 Å². The van der Waals surface area contributed by atoms with Crippen LogP contribution in [0.4, 0.5) is 4.39 Å². The maximum absolute atomic E-state index is 12.7. The monoisotopic (exact) mass is 275 g/mol. The summed E-state index contributed by atoms with van der Waals surface area (Å²) in [6, 6.07) is 4.65. The first-order valence-corrected chi connectivity index (χ1v) is 7.11. The smallest absolute Gasteiger partial charge is 0.240 e. The number of aliphatic hydroxyl groups is 1. The van der Waals surface area contributed by atoms with Crippen LogP contribution in [0.25, 0.3) is 0 Å². The predicted molar refractivity (Wildman–Crippen MR) is 67.1 cm³/mol. The second-order valence-electron chi connectivity index (χ2n) is 4.92. The molecule has 0 atom stereocenters. The van der Waals surface area contributed by atoms with Crippen LogP contribution in [-0.2, 0) is 10.0 Å². The van der Waals surface area contributed by atoms with Crippen molar-refractivity contribution in [1.82, 2.24) is 4.72 Å². The van der Waals surface area contributed by atoms with Crippen LogP contribution in [0.5, 0.6) is 0 Å². The van der Waals surface area contributed by atoms with Gasteiger partial charge >= 0.3 is 0 Å². The van der Waals surface area contributed by atoms with E-state index in [1.54, 1.807) is 0 Å². The zero-order valence-corrected chi connectivity index (χ0v) is 11.3. The van der Waals surface area contributed by atoms with Crippen molar-refractivity contribution in [2.45, 2.75) is 25.2 Å². The molecule has 1 aromatic carbocycles. The number of nitrogens with one attached hydrogen (secondary N) is 1. The maximum atomic E-state index is 12.7. The van der Waals surface area contributed by atoms with Crippen LogP contribution in [0.2, 0.25) is 0 Å². The molecule has 0 aliphatic carbocycles. The standard InChI is InChI=1S/C12H18FNO3S/c1-12(2,7-8-15)9-14-18(16,17)11-5-3-10(13)4-6-11/h3-6,14-15H,7-9H2,1-2H3. The number of aliphatic hydroxyl groups excluding tert-OH is 1. The van der Waals surface area contributed by atoms with Crippen molar-refractivity contribution in [2.24, 2.45) is 5.41 Å². The first kappa shape index (κ1) is 15.1. The van der Waals surface area contributed by atoms with Gasteiger partial charge in [0.25, 0.3) is 0 Å². The molecular weight excluding hydrogens is 257 g/mol. The van der Waals surface area contributed by atoms with Crippen molar-refractivity contribution in [3.63, 3.8) is 0 Å². The fourth-order valence-corrected chi connectivity index (χ4v) is 2.62. The Balaban J connectivity index is 2.74. The van der Waals surface area contributed by atoms with E-state index in [0.29, 0.717) is 6.42 Å². The lowest BCUT2D eigenvalue weighted by Gasteiger charge is -2.23. The van der Waals surface area contributed by atoms with Gasteiger partial charge in [-0.2, -0.15) is 0 Å². The van der Waals surface area contributed by atoms with E-state index in [1.165, 1.54) is 12.1 Å². The van der Waals surface area contributed by atoms with Gasteiger partial charge in [0.05, 0.1) is 4.90 Å². The Morgan fingerprint density at radius 1 is 1.28 bits per heavy atom. The van der Waals surface area contributed by atoms with Gasteiger partial charge in [-0.25, -0.2) is 17.5 Å². The lowest BCUT2D eigenvalue weighted by atomic mass is 9.90. The van der Waals surface area contributed by atoms with E-state index >= 15 is 0 Å². The minimum absolute atomic E-state index is 0.00523. The number of hydrogen-bond acceptors (Lipinski definition) is 3. The van der Waals surface area contributed by atoms with Crippen LogP contribution in [0.1, 0.15) is 20.3 Å². The number of benzene rings is 1. The van der Waals surface area contributed by atoms with E-state index in [1.807, 2.05) is 13.8 Å². The summed E-state index contributed by atoms with van der Waals surface area (Å²) >= 11 is 0. The molecule has 0 saturated heterocycles. The Morgan fingerprint density at radius 2 is 1.83 bits per heavy atom. The summed E-state index contributed by atoms with van der Waals surface area (Å²) in [5.74, 6) is -0.477. The summed E-state index contributed by atoms with van der Waals surface area (Å²) < 4.78 is 39.0. The topological polar surface area (TPSA) is 66.4 Å². The molecule has 0 heterocycles. The molecule has 0 unspecified atom stereocenters. The molecule has 0 aromatic heterocycles. The molecule has 0 fully saturated rings. The minimum atomic E-state index is -3.63. The van der Waals surface area contributed by atoms with Gasteiger partial charge in [-0.15, -0.1) is 0 Å². The highest BCUT2D eigenvalue weighted by Crippen LogP contribution is 2.19. The van der Waals surface area contributed by atoms with Gasteiger partial charge in [-0.05, 0) is 36.1 Å². The van der Waals surface area contributed by atoms with Crippen LogP contribution in [-0.4, -0.2) is 26.7 Å². The highest BCUT2D eigenvalue weighted by Gasteiger charge is 2.21. The molecule has 4 nitrogen and oxygen atoms in total. The van der Waals surface area contributed by atoms with E-state index in [9.17, 15) is 12.8 Å². The molecule has 102 valence electrons. The Morgan fingerprint density at radius 3 is 2.33 bits per heavy atom. The molecule has 18 heavy (non-hydrogen) atoms. The average molecular weight is 275 g/mol. The zero-order chi connectivity index (χ0) is 13.8. The maximum Gasteiger partial charge on any atom is 0.240 e. The number of halogens is 1. The number of rotatable bonds is 6. The van der Waals surface area contributed by atoms with Crippen molar-refractivity contribution >= 4 is 10.0 Å². The zero-order valence-electron chi connectivity index (χ0n) is 10.5. The average Bonchev–Trinajstić information content (AvgIpc) is 2.27. The van der Waals surface area contributed by atoms with E-state index in [2.05, 4.69) is 4.72 Å². The molecule has 0 aliphatic rings. The molecule has 0 radical (unpaired) electrons. The van der Waals surface area contributed by atoms with Crippen molar-refractivity contribution < 1.29 is 17.9 Å². The van der Waals surface area contributed by atoms with Crippen molar-refractivity contribution in [2.75, 3.05) is 13.2 Å². The van der Waals surface area contributed by atoms with Gasteiger partial charge in [0.2, 0.25) is 10.0 Å². The summed E-state index contributed by atoms with van der Waals surface area (Å²) in [4.78, 5) is 0.0312. The van der Waals surface area contributed by atoms with Crippen LogP contribution in [0, 0.1) is 11.2 Å². The minimum Gasteiger partial charge on any atom is -0.396 e. The third-order valence-corrected chi connectivity index (χ3v) is 4.07. The molecule has 2 N–H and O–H groups in total. The first-order chi connectivity index (χ1) is 8.27. The molecule has 6 heteroatoms. The van der Waals surface area contributed by atoms with Crippen molar-refractivity contribution in [1.29, 1.82) is 0 Å². The fraction of sp³-hybridized carbons (Fsp3) is 0.500. The molecule has 0 spiro atoms. The lowest BCUT2D eigenvalue weighted by molar-refractivity contribution is 0.213. The second kappa shape index (κ2) is 5.77. The molecule has 0 saturated carbocycles. The molecule has 0 bridgehead atoms. The molecule has 1 rings (SSSR count).